The highest BCUT2D eigenvalue weighted by molar-refractivity contribution is 7.07. The summed E-state index contributed by atoms with van der Waals surface area (Å²) in [7, 11) is 1.29. The fourth-order valence-corrected chi connectivity index (χ4v) is 5.18. The molecule has 1 aliphatic heterocycles. The molecule has 31 heavy (non-hydrogen) atoms. The molecule has 0 amide bonds. The molecular formula is C22H15Cl3N2O3S. The van der Waals surface area contributed by atoms with Crippen LogP contribution in [0, 0.1) is 0 Å². The number of ether oxygens (including phenoxy) is 1. The molecule has 0 aliphatic carbocycles. The van der Waals surface area contributed by atoms with E-state index >= 15 is 0 Å². The van der Waals surface area contributed by atoms with Crippen LogP contribution in [0.25, 0.3) is 6.08 Å². The third-order valence-electron chi connectivity index (χ3n) is 4.88. The highest BCUT2D eigenvalue weighted by Crippen LogP contribution is 2.34. The number of allylic oxidation sites excluding steroid dienone is 1. The highest BCUT2D eigenvalue weighted by atomic mass is 35.5. The Labute approximate surface area is 196 Å². The Morgan fingerprint density at radius 2 is 1.90 bits per heavy atom. The van der Waals surface area contributed by atoms with Gasteiger partial charge in [-0.2, -0.15) is 0 Å². The maximum absolute atomic E-state index is 13.4. The molecule has 0 radical (unpaired) electrons. The van der Waals surface area contributed by atoms with Crippen molar-refractivity contribution in [2.75, 3.05) is 7.11 Å². The minimum Gasteiger partial charge on any atom is -0.466 e. The average Bonchev–Trinajstić information content (AvgIpc) is 3.04. The fraction of sp³-hybridized carbons (Fsp3) is 0.136. The molecule has 2 aromatic carbocycles. The number of rotatable bonds is 3. The summed E-state index contributed by atoms with van der Waals surface area (Å²) in [5.74, 6) is -0.568. The molecule has 4 rings (SSSR count). The number of esters is 1. The third kappa shape index (κ3) is 3.96. The summed E-state index contributed by atoms with van der Waals surface area (Å²) in [5.41, 5.74) is 1.67. The van der Waals surface area contributed by atoms with Crippen molar-refractivity contribution in [1.82, 2.24) is 4.57 Å². The molecule has 5 nitrogen and oxygen atoms in total. The van der Waals surface area contributed by atoms with E-state index in [0.29, 0.717) is 41.2 Å². The zero-order valence-corrected chi connectivity index (χ0v) is 19.4. The summed E-state index contributed by atoms with van der Waals surface area (Å²) in [4.78, 5) is 31.0. The lowest BCUT2D eigenvalue weighted by atomic mass is 9.96. The van der Waals surface area contributed by atoms with Gasteiger partial charge in [0, 0.05) is 15.1 Å². The van der Waals surface area contributed by atoms with Crippen molar-refractivity contribution >= 4 is 58.2 Å². The lowest BCUT2D eigenvalue weighted by Crippen LogP contribution is -2.39. The number of carbonyl (C=O) groups is 1. The Morgan fingerprint density at radius 3 is 2.58 bits per heavy atom. The van der Waals surface area contributed by atoms with Gasteiger partial charge in [-0.05, 0) is 42.3 Å². The number of hydrogen-bond acceptors (Lipinski definition) is 5. The first-order valence-corrected chi connectivity index (χ1v) is 11.1. The first kappa shape index (κ1) is 21.8. The number of thiazole rings is 1. The van der Waals surface area contributed by atoms with Gasteiger partial charge in [-0.15, -0.1) is 0 Å². The van der Waals surface area contributed by atoms with E-state index in [9.17, 15) is 9.59 Å². The first-order valence-electron chi connectivity index (χ1n) is 9.12. The largest absolute Gasteiger partial charge is 0.466 e. The summed E-state index contributed by atoms with van der Waals surface area (Å²) in [5, 5.41) is 1.35. The topological polar surface area (TPSA) is 60.7 Å². The molecule has 0 N–H and O–H groups in total. The zero-order chi connectivity index (χ0) is 22.3. The van der Waals surface area contributed by atoms with Gasteiger partial charge in [-0.3, -0.25) is 9.36 Å². The quantitative estimate of drug-likeness (QED) is 0.509. The van der Waals surface area contributed by atoms with Crippen LogP contribution >= 0.6 is 46.1 Å². The van der Waals surface area contributed by atoms with E-state index in [1.807, 2.05) is 0 Å². The first-order chi connectivity index (χ1) is 14.8. The Bertz CT molecular complexity index is 1420. The van der Waals surface area contributed by atoms with Crippen molar-refractivity contribution in [2.24, 2.45) is 4.99 Å². The molecule has 1 aromatic heterocycles. The molecule has 0 fully saturated rings. The average molecular weight is 494 g/mol. The van der Waals surface area contributed by atoms with Crippen molar-refractivity contribution < 1.29 is 9.53 Å². The van der Waals surface area contributed by atoms with Crippen LogP contribution in [0.4, 0.5) is 0 Å². The monoisotopic (exact) mass is 492 g/mol. The van der Waals surface area contributed by atoms with Crippen LogP contribution in [-0.4, -0.2) is 17.6 Å². The second-order valence-corrected chi connectivity index (χ2v) is 9.02. The van der Waals surface area contributed by atoms with Crippen LogP contribution in [0.3, 0.4) is 0 Å². The van der Waals surface area contributed by atoms with E-state index in [0.717, 1.165) is 0 Å². The minimum atomic E-state index is -0.764. The Kier molecular flexibility index (Phi) is 6.08. The molecule has 0 saturated heterocycles. The van der Waals surface area contributed by atoms with Gasteiger partial charge in [0.25, 0.3) is 5.56 Å². The predicted octanol–water partition coefficient (Wildman–Crippen LogP) is 4.37. The summed E-state index contributed by atoms with van der Waals surface area (Å²) >= 11 is 19.9. The molecule has 2 heterocycles. The van der Waals surface area contributed by atoms with Gasteiger partial charge in [0.1, 0.15) is 6.04 Å². The Morgan fingerprint density at radius 1 is 1.16 bits per heavy atom. The highest BCUT2D eigenvalue weighted by Gasteiger charge is 2.34. The number of methoxy groups -OCH3 is 1. The van der Waals surface area contributed by atoms with E-state index in [2.05, 4.69) is 4.99 Å². The van der Waals surface area contributed by atoms with Crippen LogP contribution in [0.15, 0.2) is 63.5 Å². The number of nitrogens with zero attached hydrogens (tertiary/aromatic N) is 2. The van der Waals surface area contributed by atoms with Crippen LogP contribution in [0.1, 0.15) is 24.1 Å². The van der Waals surface area contributed by atoms with Gasteiger partial charge in [0.2, 0.25) is 0 Å². The van der Waals surface area contributed by atoms with E-state index in [4.69, 9.17) is 39.5 Å². The second-order valence-electron chi connectivity index (χ2n) is 6.76. The number of fused-ring (bicyclic) bond motifs is 1. The molecule has 0 bridgehead atoms. The number of hydrogen-bond donors (Lipinski definition) is 0. The Hall–Kier alpha value is -2.38. The van der Waals surface area contributed by atoms with E-state index < -0.39 is 12.0 Å². The normalized spacial score (nSPS) is 16.2. The molecule has 1 unspecified atom stereocenters. The van der Waals surface area contributed by atoms with Gasteiger partial charge >= 0.3 is 5.97 Å². The van der Waals surface area contributed by atoms with E-state index in [-0.39, 0.29) is 11.1 Å². The summed E-state index contributed by atoms with van der Waals surface area (Å²) in [6.45, 7) is 1.71. The molecule has 1 aliphatic rings. The molecular weight excluding hydrogens is 479 g/mol. The molecule has 9 heteroatoms. The van der Waals surface area contributed by atoms with E-state index in [1.165, 1.54) is 23.0 Å². The fourth-order valence-electron chi connectivity index (χ4n) is 3.44. The molecule has 1 atom stereocenters. The van der Waals surface area contributed by atoms with Crippen LogP contribution in [0.2, 0.25) is 15.1 Å². The minimum absolute atomic E-state index is 0.263. The van der Waals surface area contributed by atoms with Crippen molar-refractivity contribution in [3.63, 3.8) is 0 Å². The van der Waals surface area contributed by atoms with Crippen LogP contribution in [0.5, 0.6) is 0 Å². The number of aromatic nitrogens is 1. The lowest BCUT2D eigenvalue weighted by Gasteiger charge is -2.25. The summed E-state index contributed by atoms with van der Waals surface area (Å²) < 4.78 is 6.88. The van der Waals surface area contributed by atoms with Gasteiger partial charge in [-0.1, -0.05) is 70.4 Å². The van der Waals surface area contributed by atoms with Gasteiger partial charge < -0.3 is 4.74 Å². The van der Waals surface area contributed by atoms with Crippen molar-refractivity contribution in [2.45, 2.75) is 13.0 Å². The smallest absolute Gasteiger partial charge is 0.338 e. The van der Waals surface area contributed by atoms with Gasteiger partial charge in [0.15, 0.2) is 4.80 Å². The van der Waals surface area contributed by atoms with Gasteiger partial charge in [-0.25, -0.2) is 9.79 Å². The summed E-state index contributed by atoms with van der Waals surface area (Å²) in [6, 6.07) is 11.4. The summed E-state index contributed by atoms with van der Waals surface area (Å²) in [6.07, 6.45) is 1.68. The van der Waals surface area contributed by atoms with Crippen molar-refractivity contribution in [1.29, 1.82) is 0 Å². The molecule has 0 saturated carbocycles. The van der Waals surface area contributed by atoms with Crippen molar-refractivity contribution in [3.05, 3.63) is 99.6 Å². The maximum Gasteiger partial charge on any atom is 0.338 e. The number of benzene rings is 2. The van der Waals surface area contributed by atoms with Crippen LogP contribution < -0.4 is 14.9 Å². The lowest BCUT2D eigenvalue weighted by molar-refractivity contribution is -0.136. The number of carbonyl (C=O) groups excluding carboxylic acids is 1. The third-order valence-corrected chi connectivity index (χ3v) is 6.77. The Balaban J connectivity index is 2.01. The SMILES string of the molecule is COC(=O)C1=C(C)N=c2s/c(=C/c3ccc(Cl)cc3Cl)c(=O)n2C1c1ccccc1Cl. The van der Waals surface area contributed by atoms with Crippen LogP contribution in [-0.2, 0) is 9.53 Å². The van der Waals surface area contributed by atoms with Crippen molar-refractivity contribution in [3.8, 4) is 0 Å². The second kappa shape index (κ2) is 8.63. The number of halogens is 3. The molecule has 0 spiro atoms. The molecule has 3 aromatic rings. The van der Waals surface area contributed by atoms with Gasteiger partial charge in [0.05, 0.1) is 22.9 Å². The standard InChI is InChI=1S/C22H15Cl3N2O3S/c1-11-18(21(29)30-2)19(14-5-3-4-6-15(14)24)27-20(28)17(31-22(27)26-11)9-12-7-8-13(23)10-16(12)25/h3-10,19H,1-2H3/b17-9+. The molecule has 158 valence electrons. The van der Waals surface area contributed by atoms with E-state index in [1.54, 1.807) is 55.5 Å². The maximum atomic E-state index is 13.4. The predicted molar refractivity (Wildman–Crippen MR) is 124 cm³/mol. The zero-order valence-electron chi connectivity index (χ0n) is 16.4.